The van der Waals surface area contributed by atoms with Crippen molar-refractivity contribution in [2.75, 3.05) is 26.7 Å². The molecule has 2 N–H and O–H groups in total. The number of likely N-dealkylation sites (N-methyl/N-ethyl adjacent to an activating group) is 1. The summed E-state index contributed by atoms with van der Waals surface area (Å²) in [5.41, 5.74) is 7.33. The molecule has 1 aliphatic rings. The molecule has 2 rings (SSSR count). The number of nitrogens with two attached hydrogens (primary N) is 1. The molecule has 1 heterocycles. The van der Waals surface area contributed by atoms with Gasteiger partial charge in [-0.05, 0) is 51.1 Å². The Kier molecular flexibility index (Phi) is 5.03. The predicted octanol–water partition coefficient (Wildman–Crippen LogP) is 1.17. The van der Waals surface area contributed by atoms with Gasteiger partial charge < -0.3 is 10.6 Å². The summed E-state index contributed by atoms with van der Waals surface area (Å²) in [6.45, 7) is 6.50. The van der Waals surface area contributed by atoms with Crippen LogP contribution in [0.1, 0.15) is 24.5 Å². The number of sulfonamides is 1. The molecule has 0 radical (unpaired) electrons. The summed E-state index contributed by atoms with van der Waals surface area (Å²) >= 11 is 0. The summed E-state index contributed by atoms with van der Waals surface area (Å²) in [6.07, 6.45) is 0.861. The molecule has 1 aliphatic heterocycles. The lowest BCUT2D eigenvalue weighted by atomic mass is 10.1. The van der Waals surface area contributed by atoms with E-state index in [-0.39, 0.29) is 6.04 Å². The monoisotopic (exact) mass is 311 g/mol. The van der Waals surface area contributed by atoms with Crippen LogP contribution in [0.25, 0.3) is 0 Å². The lowest BCUT2D eigenvalue weighted by molar-refractivity contribution is 0.290. The van der Waals surface area contributed by atoms with Crippen LogP contribution in [0, 0.1) is 6.92 Å². The molecule has 6 heteroatoms. The Balaban J connectivity index is 2.37. The maximum absolute atomic E-state index is 13.0. The first-order valence-electron chi connectivity index (χ1n) is 7.36. The second-order valence-corrected chi connectivity index (χ2v) is 7.74. The van der Waals surface area contributed by atoms with Gasteiger partial charge in [-0.3, -0.25) is 0 Å². The minimum absolute atomic E-state index is 0.0175. The van der Waals surface area contributed by atoms with Gasteiger partial charge in [-0.1, -0.05) is 12.1 Å². The average molecular weight is 311 g/mol. The van der Waals surface area contributed by atoms with E-state index in [4.69, 9.17) is 5.73 Å². The van der Waals surface area contributed by atoms with Gasteiger partial charge in [-0.2, -0.15) is 4.31 Å². The van der Waals surface area contributed by atoms with Crippen LogP contribution in [0.3, 0.4) is 0 Å². The minimum atomic E-state index is -3.45. The Morgan fingerprint density at radius 1 is 1.33 bits per heavy atom. The second-order valence-electron chi connectivity index (χ2n) is 5.88. The fraction of sp³-hybridized carbons (Fsp3) is 0.600. The van der Waals surface area contributed by atoms with E-state index in [1.54, 1.807) is 16.4 Å². The van der Waals surface area contributed by atoms with Crippen molar-refractivity contribution in [1.82, 2.24) is 9.21 Å². The third kappa shape index (κ3) is 3.45. The minimum Gasteiger partial charge on any atom is -0.326 e. The second kappa shape index (κ2) is 6.44. The SMILES string of the molecule is Cc1cc(CN)ccc1S(=O)(=O)N1CCCN(C)CC1C. The van der Waals surface area contributed by atoms with Gasteiger partial charge in [-0.25, -0.2) is 8.42 Å². The molecule has 1 aromatic carbocycles. The summed E-state index contributed by atoms with van der Waals surface area (Å²) in [6, 6.07) is 5.33. The van der Waals surface area contributed by atoms with Gasteiger partial charge in [0.25, 0.3) is 0 Å². The number of aryl methyl sites for hydroxylation is 1. The maximum Gasteiger partial charge on any atom is 0.243 e. The van der Waals surface area contributed by atoms with Gasteiger partial charge in [0, 0.05) is 25.7 Å². The van der Waals surface area contributed by atoms with E-state index in [0.29, 0.717) is 18.0 Å². The van der Waals surface area contributed by atoms with Crippen molar-refractivity contribution in [3.8, 4) is 0 Å². The van der Waals surface area contributed by atoms with Crippen molar-refractivity contribution in [1.29, 1.82) is 0 Å². The molecule has 0 bridgehead atoms. The lowest BCUT2D eigenvalue weighted by Crippen LogP contribution is -2.42. The first-order chi connectivity index (χ1) is 9.86. The molecule has 118 valence electrons. The van der Waals surface area contributed by atoms with E-state index in [1.807, 2.05) is 27.0 Å². The molecule has 0 aliphatic carbocycles. The van der Waals surface area contributed by atoms with Crippen LogP contribution in [0.2, 0.25) is 0 Å². The van der Waals surface area contributed by atoms with E-state index >= 15 is 0 Å². The van der Waals surface area contributed by atoms with E-state index in [9.17, 15) is 8.42 Å². The van der Waals surface area contributed by atoms with Crippen molar-refractivity contribution in [2.24, 2.45) is 5.73 Å². The highest BCUT2D eigenvalue weighted by Crippen LogP contribution is 2.24. The van der Waals surface area contributed by atoms with Crippen molar-refractivity contribution >= 4 is 10.0 Å². The van der Waals surface area contributed by atoms with E-state index in [2.05, 4.69) is 4.90 Å². The van der Waals surface area contributed by atoms with Gasteiger partial charge in [0.05, 0.1) is 4.90 Å². The average Bonchev–Trinajstić information content (AvgIpc) is 2.59. The fourth-order valence-corrected chi connectivity index (χ4v) is 4.83. The smallest absolute Gasteiger partial charge is 0.243 e. The molecule has 0 amide bonds. The van der Waals surface area contributed by atoms with Crippen molar-refractivity contribution < 1.29 is 8.42 Å². The van der Waals surface area contributed by atoms with Crippen LogP contribution in [0.4, 0.5) is 0 Å². The summed E-state index contributed by atoms with van der Waals surface area (Å²) in [5.74, 6) is 0. The van der Waals surface area contributed by atoms with Gasteiger partial charge in [0.1, 0.15) is 0 Å². The largest absolute Gasteiger partial charge is 0.326 e. The van der Waals surface area contributed by atoms with Crippen LogP contribution >= 0.6 is 0 Å². The van der Waals surface area contributed by atoms with Crippen LogP contribution in [-0.4, -0.2) is 50.3 Å². The molecule has 1 unspecified atom stereocenters. The molecule has 0 spiro atoms. The van der Waals surface area contributed by atoms with Crippen LogP contribution in [0.5, 0.6) is 0 Å². The summed E-state index contributed by atoms with van der Waals surface area (Å²) in [4.78, 5) is 2.58. The summed E-state index contributed by atoms with van der Waals surface area (Å²) < 4.78 is 27.5. The van der Waals surface area contributed by atoms with Crippen LogP contribution in [0.15, 0.2) is 23.1 Å². The third-order valence-electron chi connectivity index (χ3n) is 4.05. The topological polar surface area (TPSA) is 66.6 Å². The van der Waals surface area contributed by atoms with E-state index in [1.165, 1.54) is 0 Å². The quantitative estimate of drug-likeness (QED) is 0.910. The first kappa shape index (κ1) is 16.4. The van der Waals surface area contributed by atoms with Crippen LogP contribution < -0.4 is 5.73 Å². The zero-order chi connectivity index (χ0) is 15.6. The normalized spacial score (nSPS) is 22.2. The van der Waals surface area contributed by atoms with Gasteiger partial charge >= 0.3 is 0 Å². The Hall–Kier alpha value is -0.950. The number of hydrogen-bond donors (Lipinski definition) is 1. The first-order valence-corrected chi connectivity index (χ1v) is 8.80. The van der Waals surface area contributed by atoms with Crippen LogP contribution in [-0.2, 0) is 16.6 Å². The number of hydrogen-bond acceptors (Lipinski definition) is 4. The highest BCUT2D eigenvalue weighted by molar-refractivity contribution is 7.89. The van der Waals surface area contributed by atoms with Gasteiger partial charge in [0.15, 0.2) is 0 Å². The molecule has 21 heavy (non-hydrogen) atoms. The van der Waals surface area contributed by atoms with Crippen molar-refractivity contribution in [3.63, 3.8) is 0 Å². The molecule has 1 fully saturated rings. The highest BCUT2D eigenvalue weighted by atomic mass is 32.2. The van der Waals surface area contributed by atoms with Crippen molar-refractivity contribution in [2.45, 2.75) is 37.8 Å². The van der Waals surface area contributed by atoms with Crippen molar-refractivity contribution in [3.05, 3.63) is 29.3 Å². The Morgan fingerprint density at radius 2 is 2.05 bits per heavy atom. The Bertz CT molecular complexity index is 601. The molecule has 1 atom stereocenters. The number of nitrogens with zero attached hydrogens (tertiary/aromatic N) is 2. The zero-order valence-electron chi connectivity index (χ0n) is 13.0. The molecular formula is C15H25N3O2S. The Labute approximate surface area is 127 Å². The number of benzene rings is 1. The van der Waals surface area contributed by atoms with Gasteiger partial charge in [0.2, 0.25) is 10.0 Å². The molecule has 1 aromatic rings. The summed E-state index contributed by atoms with van der Waals surface area (Å²) in [7, 11) is -1.41. The van der Waals surface area contributed by atoms with Gasteiger partial charge in [-0.15, -0.1) is 0 Å². The fourth-order valence-electron chi connectivity index (χ4n) is 2.96. The molecule has 5 nitrogen and oxygen atoms in total. The highest BCUT2D eigenvalue weighted by Gasteiger charge is 2.32. The van der Waals surface area contributed by atoms with E-state index < -0.39 is 10.0 Å². The number of rotatable bonds is 3. The third-order valence-corrected chi connectivity index (χ3v) is 6.22. The molecular weight excluding hydrogens is 286 g/mol. The van der Waals surface area contributed by atoms with E-state index in [0.717, 1.165) is 30.6 Å². The Morgan fingerprint density at radius 3 is 2.67 bits per heavy atom. The molecule has 0 saturated carbocycles. The lowest BCUT2D eigenvalue weighted by Gasteiger charge is -2.27. The zero-order valence-corrected chi connectivity index (χ0v) is 13.9. The molecule has 1 saturated heterocycles. The molecule has 0 aromatic heterocycles. The maximum atomic E-state index is 13.0. The summed E-state index contributed by atoms with van der Waals surface area (Å²) in [5, 5.41) is 0. The predicted molar refractivity (Wildman–Crippen MR) is 84.5 cm³/mol. The standard InChI is InChI=1S/C15H25N3O2S/c1-12-9-14(10-16)5-6-15(12)21(19,20)18-8-4-7-17(3)11-13(18)2/h5-6,9,13H,4,7-8,10-11,16H2,1-3H3.